The first-order valence-corrected chi connectivity index (χ1v) is 9.20. The van der Waals surface area contributed by atoms with E-state index in [1.807, 2.05) is 12.1 Å². The molecule has 0 fully saturated rings. The second-order valence-corrected chi connectivity index (χ2v) is 6.83. The van der Waals surface area contributed by atoms with E-state index < -0.39 is 5.97 Å². The van der Waals surface area contributed by atoms with Gasteiger partial charge in [-0.1, -0.05) is 6.07 Å². The molecule has 1 N–H and O–H groups in total. The first-order valence-electron chi connectivity index (χ1n) is 8.38. The number of thiophene rings is 1. The number of aryl methyl sites for hydroxylation is 1. The number of benzene rings is 1. The minimum absolute atomic E-state index is 0.264. The summed E-state index contributed by atoms with van der Waals surface area (Å²) in [6.07, 6.45) is 0.414. The van der Waals surface area contributed by atoms with Crippen molar-refractivity contribution in [2.24, 2.45) is 0 Å². The predicted octanol–water partition coefficient (Wildman–Crippen LogP) is 3.08. The average Bonchev–Trinajstić information content (AvgIpc) is 2.98. The van der Waals surface area contributed by atoms with Gasteiger partial charge in [0.1, 0.15) is 15.5 Å². The van der Waals surface area contributed by atoms with E-state index in [9.17, 15) is 9.59 Å². The van der Waals surface area contributed by atoms with Gasteiger partial charge >= 0.3 is 5.97 Å². The van der Waals surface area contributed by atoms with Crippen LogP contribution in [0.4, 0.5) is 0 Å². The van der Waals surface area contributed by atoms with Crippen molar-refractivity contribution in [3.05, 3.63) is 50.4 Å². The fraction of sp³-hybridized carbons (Fsp3) is 0.316. The number of fused-ring (bicyclic) bond motifs is 1. The SMILES string of the molecule is CCOC(=O)c1sc2nc(Cc3ccc(OC)c(OC)c3)[nH]c(=O)c2c1C. The highest BCUT2D eigenvalue weighted by atomic mass is 32.1. The Morgan fingerprint density at radius 3 is 2.63 bits per heavy atom. The summed E-state index contributed by atoms with van der Waals surface area (Å²) in [5.74, 6) is 1.32. The summed E-state index contributed by atoms with van der Waals surface area (Å²) in [6, 6.07) is 5.53. The van der Waals surface area contributed by atoms with Crippen LogP contribution in [0.2, 0.25) is 0 Å². The van der Waals surface area contributed by atoms with E-state index in [-0.39, 0.29) is 12.2 Å². The molecule has 0 spiro atoms. The molecule has 2 heterocycles. The number of aromatic nitrogens is 2. The Labute approximate surface area is 159 Å². The topological polar surface area (TPSA) is 90.5 Å². The Hall–Kier alpha value is -2.87. The van der Waals surface area contributed by atoms with Crippen LogP contribution in [0.1, 0.15) is 33.5 Å². The molecule has 3 rings (SSSR count). The first kappa shape index (κ1) is 18.9. The van der Waals surface area contributed by atoms with E-state index in [4.69, 9.17) is 14.2 Å². The standard InChI is InChI=1S/C19H20N2O5S/c1-5-26-19(23)16-10(2)15-17(22)20-14(21-18(15)27-16)9-11-6-7-12(24-3)13(8-11)25-4/h6-8H,5,9H2,1-4H3,(H,20,21,22). The van der Waals surface area contributed by atoms with Gasteiger partial charge in [-0.2, -0.15) is 0 Å². The number of aromatic amines is 1. The third kappa shape index (κ3) is 3.66. The van der Waals surface area contributed by atoms with Gasteiger partial charge in [0.2, 0.25) is 0 Å². The molecule has 0 aliphatic rings. The zero-order valence-electron chi connectivity index (χ0n) is 15.5. The zero-order valence-corrected chi connectivity index (χ0v) is 16.4. The van der Waals surface area contributed by atoms with E-state index in [0.717, 1.165) is 5.56 Å². The van der Waals surface area contributed by atoms with Crippen LogP contribution >= 0.6 is 11.3 Å². The van der Waals surface area contributed by atoms with Gasteiger partial charge in [0, 0.05) is 6.42 Å². The van der Waals surface area contributed by atoms with E-state index >= 15 is 0 Å². The molecule has 0 saturated carbocycles. The summed E-state index contributed by atoms with van der Waals surface area (Å²) in [6.45, 7) is 3.75. The summed E-state index contributed by atoms with van der Waals surface area (Å²) in [5.41, 5.74) is 1.24. The molecule has 0 unspecified atom stereocenters. The minimum Gasteiger partial charge on any atom is -0.493 e. The first-order chi connectivity index (χ1) is 13.0. The molecule has 0 aliphatic heterocycles. The highest BCUT2D eigenvalue weighted by Crippen LogP contribution is 2.30. The van der Waals surface area contributed by atoms with Crippen LogP contribution in [-0.2, 0) is 11.2 Å². The van der Waals surface area contributed by atoms with Gasteiger partial charge < -0.3 is 19.2 Å². The molecule has 0 radical (unpaired) electrons. The Kier molecular flexibility index (Phi) is 5.46. The van der Waals surface area contributed by atoms with E-state index in [1.165, 1.54) is 11.3 Å². The van der Waals surface area contributed by atoms with E-state index in [2.05, 4.69) is 9.97 Å². The lowest BCUT2D eigenvalue weighted by atomic mass is 10.1. The van der Waals surface area contributed by atoms with Crippen LogP contribution in [-0.4, -0.2) is 36.8 Å². The smallest absolute Gasteiger partial charge is 0.348 e. The predicted molar refractivity (Wildman–Crippen MR) is 103 cm³/mol. The van der Waals surface area contributed by atoms with Gasteiger partial charge in [-0.15, -0.1) is 11.3 Å². The number of nitrogens with zero attached hydrogens (tertiary/aromatic N) is 1. The van der Waals surface area contributed by atoms with Crippen LogP contribution in [0.15, 0.2) is 23.0 Å². The summed E-state index contributed by atoms with van der Waals surface area (Å²) >= 11 is 1.17. The molecule has 3 aromatic rings. The zero-order chi connectivity index (χ0) is 19.6. The molecule has 0 atom stereocenters. The number of ether oxygens (including phenoxy) is 3. The number of esters is 1. The maximum absolute atomic E-state index is 12.5. The molecule has 2 aromatic heterocycles. The Morgan fingerprint density at radius 2 is 1.96 bits per heavy atom. The van der Waals surface area contributed by atoms with E-state index in [0.29, 0.717) is 44.4 Å². The van der Waals surface area contributed by atoms with Crippen LogP contribution in [0.3, 0.4) is 0 Å². The lowest BCUT2D eigenvalue weighted by molar-refractivity contribution is 0.0531. The largest absolute Gasteiger partial charge is 0.493 e. The normalized spacial score (nSPS) is 10.8. The van der Waals surface area contributed by atoms with Crippen molar-refractivity contribution in [1.29, 1.82) is 0 Å². The minimum atomic E-state index is -0.432. The summed E-state index contributed by atoms with van der Waals surface area (Å²) in [7, 11) is 3.14. The van der Waals surface area contributed by atoms with Gasteiger partial charge in [-0.05, 0) is 37.1 Å². The van der Waals surface area contributed by atoms with Crippen molar-refractivity contribution in [3.63, 3.8) is 0 Å². The molecule has 0 bridgehead atoms. The number of hydrogen-bond donors (Lipinski definition) is 1. The Bertz CT molecular complexity index is 1050. The molecule has 7 nitrogen and oxygen atoms in total. The molecule has 8 heteroatoms. The van der Waals surface area contributed by atoms with Gasteiger partial charge in [-0.25, -0.2) is 9.78 Å². The van der Waals surface area contributed by atoms with Crippen molar-refractivity contribution in [1.82, 2.24) is 9.97 Å². The Morgan fingerprint density at radius 1 is 1.22 bits per heavy atom. The third-order valence-electron chi connectivity index (χ3n) is 4.13. The molecule has 0 aliphatic carbocycles. The monoisotopic (exact) mass is 388 g/mol. The second kappa shape index (κ2) is 7.79. The third-order valence-corrected chi connectivity index (χ3v) is 5.30. The Balaban J connectivity index is 1.99. The number of rotatable bonds is 6. The molecular weight excluding hydrogens is 368 g/mol. The fourth-order valence-corrected chi connectivity index (χ4v) is 3.94. The van der Waals surface area contributed by atoms with Crippen molar-refractivity contribution in [2.45, 2.75) is 20.3 Å². The van der Waals surface area contributed by atoms with Gasteiger partial charge in [-0.3, -0.25) is 4.79 Å². The number of carbonyl (C=O) groups is 1. The lowest BCUT2D eigenvalue weighted by Crippen LogP contribution is -2.12. The molecule has 0 amide bonds. The van der Waals surface area contributed by atoms with Crippen molar-refractivity contribution < 1.29 is 19.0 Å². The average molecular weight is 388 g/mol. The molecule has 0 saturated heterocycles. The second-order valence-electron chi connectivity index (χ2n) is 5.84. The van der Waals surface area contributed by atoms with Gasteiger partial charge in [0.05, 0.1) is 26.2 Å². The van der Waals surface area contributed by atoms with Crippen molar-refractivity contribution in [3.8, 4) is 11.5 Å². The molecular formula is C19H20N2O5S. The quantitative estimate of drug-likeness (QED) is 0.653. The van der Waals surface area contributed by atoms with Crippen LogP contribution in [0.25, 0.3) is 10.2 Å². The highest BCUT2D eigenvalue weighted by molar-refractivity contribution is 7.20. The maximum atomic E-state index is 12.5. The number of hydrogen-bond acceptors (Lipinski definition) is 7. The van der Waals surface area contributed by atoms with E-state index in [1.54, 1.807) is 34.1 Å². The molecule has 1 aromatic carbocycles. The fourth-order valence-electron chi connectivity index (χ4n) is 2.85. The van der Waals surface area contributed by atoms with Crippen molar-refractivity contribution >= 4 is 27.5 Å². The number of methoxy groups -OCH3 is 2. The van der Waals surface area contributed by atoms with Gasteiger partial charge in [0.15, 0.2) is 11.5 Å². The summed E-state index contributed by atoms with van der Waals surface area (Å²) in [5, 5.41) is 0.430. The van der Waals surface area contributed by atoms with Crippen molar-refractivity contribution in [2.75, 3.05) is 20.8 Å². The number of H-pyrrole nitrogens is 1. The maximum Gasteiger partial charge on any atom is 0.348 e. The molecule has 27 heavy (non-hydrogen) atoms. The van der Waals surface area contributed by atoms with Crippen LogP contribution in [0.5, 0.6) is 11.5 Å². The number of nitrogens with one attached hydrogen (secondary N) is 1. The van der Waals surface area contributed by atoms with Crippen LogP contribution in [0, 0.1) is 6.92 Å². The van der Waals surface area contributed by atoms with Gasteiger partial charge in [0.25, 0.3) is 5.56 Å². The summed E-state index contributed by atoms with van der Waals surface area (Å²) < 4.78 is 15.6. The highest BCUT2D eigenvalue weighted by Gasteiger charge is 2.20. The molecule has 142 valence electrons. The lowest BCUT2D eigenvalue weighted by Gasteiger charge is -2.09. The van der Waals surface area contributed by atoms with Crippen LogP contribution < -0.4 is 15.0 Å². The number of carbonyl (C=O) groups excluding carboxylic acids is 1. The summed E-state index contributed by atoms with van der Waals surface area (Å²) in [4.78, 5) is 32.9.